The molecule has 4 aromatic rings. The molecule has 0 radical (unpaired) electrons. The van der Waals surface area contributed by atoms with E-state index in [4.69, 9.17) is 4.74 Å². The topological polar surface area (TPSA) is 177 Å². The van der Waals surface area contributed by atoms with E-state index in [2.05, 4.69) is 80.3 Å². The Labute approximate surface area is 355 Å². The van der Waals surface area contributed by atoms with Gasteiger partial charge in [-0.3, -0.25) is 34.4 Å². The summed E-state index contributed by atoms with van der Waals surface area (Å²) >= 11 is 0. The number of piperazine rings is 1. The highest BCUT2D eigenvalue weighted by Crippen LogP contribution is 2.56. The van der Waals surface area contributed by atoms with E-state index in [0.717, 1.165) is 81.1 Å². The molecule has 1 atom stereocenters. The van der Waals surface area contributed by atoms with Crippen molar-refractivity contribution in [3.05, 3.63) is 83.2 Å². The predicted octanol–water partition coefficient (Wildman–Crippen LogP) is 4.31. The van der Waals surface area contributed by atoms with Crippen molar-refractivity contribution in [3.8, 4) is 11.8 Å². The molecule has 4 fully saturated rings. The summed E-state index contributed by atoms with van der Waals surface area (Å²) in [6.07, 6.45) is 4.17. The van der Waals surface area contributed by atoms with E-state index in [1.54, 1.807) is 23.2 Å². The van der Waals surface area contributed by atoms with Gasteiger partial charge in [-0.15, -0.1) is 10.2 Å². The lowest BCUT2D eigenvalue weighted by Gasteiger charge is -2.63. The second kappa shape index (κ2) is 15.7. The number of hydrogen-bond donors (Lipinski definition) is 2. The molecule has 0 spiro atoms. The third-order valence-electron chi connectivity index (χ3n) is 13.8. The zero-order valence-electron chi connectivity index (χ0n) is 35.2. The third kappa shape index (κ3) is 7.41. The number of fused-ring (bicyclic) bond motifs is 2. The number of aromatic nitrogens is 3. The Bertz CT molecular complexity index is 2420. The predicted molar refractivity (Wildman–Crippen MR) is 228 cm³/mol. The summed E-state index contributed by atoms with van der Waals surface area (Å²) in [5.74, 6) is 0.942. The number of nitrogens with one attached hydrogen (secondary N) is 2. The zero-order valence-corrected chi connectivity index (χ0v) is 35.2. The Hall–Kier alpha value is -6.14. The van der Waals surface area contributed by atoms with Crippen LogP contribution in [0.25, 0.3) is 10.9 Å². The second-order valence-electron chi connectivity index (χ2n) is 18.4. The van der Waals surface area contributed by atoms with E-state index in [1.165, 1.54) is 0 Å². The molecule has 4 aliphatic heterocycles. The van der Waals surface area contributed by atoms with Gasteiger partial charge < -0.3 is 24.8 Å². The Morgan fingerprint density at radius 2 is 1.69 bits per heavy atom. The first-order valence-electron chi connectivity index (χ1n) is 21.4. The molecule has 2 aromatic carbocycles. The summed E-state index contributed by atoms with van der Waals surface area (Å²) in [7, 11) is 0. The Morgan fingerprint density at radius 3 is 2.39 bits per heavy atom. The summed E-state index contributed by atoms with van der Waals surface area (Å²) < 4.78 is 6.64. The number of nitriles is 1. The van der Waals surface area contributed by atoms with Crippen molar-refractivity contribution in [2.75, 3.05) is 55.6 Å². The summed E-state index contributed by atoms with van der Waals surface area (Å²) in [5, 5.41) is 24.8. The fourth-order valence-corrected chi connectivity index (χ4v) is 10.7. The van der Waals surface area contributed by atoms with Gasteiger partial charge in [0.2, 0.25) is 11.8 Å². The van der Waals surface area contributed by atoms with E-state index >= 15 is 0 Å². The van der Waals surface area contributed by atoms with Crippen molar-refractivity contribution in [3.63, 3.8) is 0 Å². The van der Waals surface area contributed by atoms with Crippen molar-refractivity contribution in [1.29, 1.82) is 5.26 Å². The highest BCUT2D eigenvalue weighted by Gasteiger charge is 2.64. The van der Waals surface area contributed by atoms with Crippen LogP contribution in [-0.2, 0) is 16.1 Å². The molecule has 0 bridgehead atoms. The van der Waals surface area contributed by atoms with Crippen LogP contribution in [0.5, 0.6) is 5.75 Å². The van der Waals surface area contributed by atoms with Crippen molar-refractivity contribution < 1.29 is 23.9 Å². The lowest BCUT2D eigenvalue weighted by atomic mass is 9.49. The normalized spacial score (nSPS) is 23.9. The molecule has 316 valence electrons. The van der Waals surface area contributed by atoms with E-state index in [0.29, 0.717) is 41.3 Å². The Kier molecular flexibility index (Phi) is 10.4. The standard InChI is InChI=1S/C46H52N10O5/c1-45(2)43(46(3,4)44(45)61-36-12-7-29(25-47)39-33(36)6-5-17-48-39)50-40(58)34-10-13-37(52-51-34)55-18-15-28(16-19-55)26-53-20-22-54(23-21-53)31-8-9-32-30(24-31)27-56(42(32)60)35-11-14-38(57)49-41(35)59/h5-10,12-13,17,24,28,35,43-44H,11,14-16,18-23,26-27H2,1-4H3,(H,50,58)(H,49,57,59)/t35-,43?,44?/m0/s1. The molecule has 2 aromatic heterocycles. The highest BCUT2D eigenvalue weighted by atomic mass is 16.5. The largest absolute Gasteiger partial charge is 0.488 e. The van der Waals surface area contributed by atoms with Gasteiger partial charge in [-0.25, -0.2) is 0 Å². The van der Waals surface area contributed by atoms with Gasteiger partial charge in [0.1, 0.15) is 24.0 Å². The summed E-state index contributed by atoms with van der Waals surface area (Å²) in [5.41, 5.74) is 3.25. The monoisotopic (exact) mass is 824 g/mol. The Balaban J connectivity index is 0.733. The van der Waals surface area contributed by atoms with Crippen molar-refractivity contribution in [2.45, 2.75) is 78.1 Å². The van der Waals surface area contributed by atoms with E-state index in [1.807, 2.05) is 36.4 Å². The third-order valence-corrected chi connectivity index (χ3v) is 13.8. The van der Waals surface area contributed by atoms with Crippen LogP contribution >= 0.6 is 0 Å². The van der Waals surface area contributed by atoms with Crippen LogP contribution < -0.4 is 25.2 Å². The van der Waals surface area contributed by atoms with E-state index < -0.39 is 22.8 Å². The van der Waals surface area contributed by atoms with Crippen molar-refractivity contribution >= 4 is 46.0 Å². The Morgan fingerprint density at radius 1 is 0.918 bits per heavy atom. The lowest BCUT2D eigenvalue weighted by molar-refractivity contribution is -0.163. The van der Waals surface area contributed by atoms with Crippen LogP contribution in [0.1, 0.15) is 85.4 Å². The molecular weight excluding hydrogens is 773 g/mol. The minimum Gasteiger partial charge on any atom is -0.488 e. The summed E-state index contributed by atoms with van der Waals surface area (Å²) in [4.78, 5) is 64.0. The molecule has 9 rings (SSSR count). The number of rotatable bonds is 9. The summed E-state index contributed by atoms with van der Waals surface area (Å²) in [6, 6.07) is 18.4. The number of amides is 4. The fraction of sp³-hybridized carbons (Fsp3) is 0.478. The molecule has 61 heavy (non-hydrogen) atoms. The zero-order chi connectivity index (χ0) is 42.6. The first kappa shape index (κ1) is 40.3. The van der Waals surface area contributed by atoms with Crippen LogP contribution in [0.3, 0.4) is 0 Å². The molecular formula is C46H52N10O5. The maximum atomic E-state index is 13.5. The molecule has 15 heteroatoms. The molecule has 2 N–H and O–H groups in total. The van der Waals surface area contributed by atoms with E-state index in [9.17, 15) is 24.4 Å². The highest BCUT2D eigenvalue weighted by molar-refractivity contribution is 6.05. The van der Waals surface area contributed by atoms with Gasteiger partial charge in [-0.2, -0.15) is 5.26 Å². The first-order chi connectivity index (χ1) is 29.3. The van der Waals surface area contributed by atoms with Crippen molar-refractivity contribution in [2.24, 2.45) is 16.7 Å². The number of pyridine rings is 1. The van der Waals surface area contributed by atoms with Crippen LogP contribution in [-0.4, -0.2) is 113 Å². The lowest BCUT2D eigenvalue weighted by Crippen LogP contribution is -2.74. The summed E-state index contributed by atoms with van der Waals surface area (Å²) in [6.45, 7) is 15.3. The molecule has 15 nitrogen and oxygen atoms in total. The number of piperidine rings is 2. The van der Waals surface area contributed by atoms with Crippen LogP contribution in [0, 0.1) is 28.1 Å². The SMILES string of the molecule is CC1(C)C(NC(=O)c2ccc(N3CCC(CN4CCN(c5ccc6c(c5)CN([C@H]5CCC(=O)NC5=O)C6=O)CC4)CC3)nn2)C(C)(C)C1Oc1ccc(C#N)c2ncccc12. The van der Waals surface area contributed by atoms with Gasteiger partial charge in [0.25, 0.3) is 11.8 Å². The van der Waals surface area contributed by atoms with Gasteiger partial charge in [-0.05, 0) is 85.3 Å². The number of ether oxygens (including phenoxy) is 1. The fourth-order valence-electron chi connectivity index (χ4n) is 10.7. The van der Waals surface area contributed by atoms with Gasteiger partial charge in [0.15, 0.2) is 11.5 Å². The maximum absolute atomic E-state index is 13.5. The second-order valence-corrected chi connectivity index (χ2v) is 18.4. The molecule has 1 aliphatic carbocycles. The maximum Gasteiger partial charge on any atom is 0.272 e. The first-order valence-corrected chi connectivity index (χ1v) is 21.4. The number of hydrogen-bond acceptors (Lipinski definition) is 12. The quantitative estimate of drug-likeness (QED) is 0.229. The number of anilines is 2. The van der Waals surface area contributed by atoms with Crippen LogP contribution in [0.15, 0.2) is 60.8 Å². The minimum atomic E-state index is -0.609. The molecule has 1 saturated carbocycles. The van der Waals surface area contributed by atoms with Crippen LogP contribution in [0.2, 0.25) is 0 Å². The molecule has 5 aliphatic rings. The van der Waals surface area contributed by atoms with Gasteiger partial charge in [-0.1, -0.05) is 27.7 Å². The van der Waals surface area contributed by atoms with Gasteiger partial charge in [0, 0.05) is 98.5 Å². The van der Waals surface area contributed by atoms with Crippen molar-refractivity contribution in [1.82, 2.24) is 35.6 Å². The smallest absolute Gasteiger partial charge is 0.272 e. The number of imide groups is 1. The molecule has 4 amide bonds. The number of benzene rings is 2. The minimum absolute atomic E-state index is 0.146. The van der Waals surface area contributed by atoms with E-state index in [-0.39, 0.29) is 42.0 Å². The average molecular weight is 825 g/mol. The molecule has 6 heterocycles. The van der Waals surface area contributed by atoms with Gasteiger partial charge in [0.05, 0.1) is 11.1 Å². The average Bonchev–Trinajstić information content (AvgIpc) is 3.59. The number of carbonyl (C=O) groups is 4. The number of nitrogens with zero attached hydrogens (tertiary/aromatic N) is 8. The molecule has 0 unspecified atom stereocenters. The number of carbonyl (C=O) groups excluding carboxylic acids is 4. The van der Waals surface area contributed by atoms with Crippen LogP contribution in [0.4, 0.5) is 11.5 Å². The van der Waals surface area contributed by atoms with Gasteiger partial charge >= 0.3 is 0 Å². The molecule has 3 saturated heterocycles.